The quantitative estimate of drug-likeness (QED) is 0.153. The Kier molecular flexibility index (Phi) is 8.83. The number of furan rings is 1. The van der Waals surface area contributed by atoms with Crippen molar-refractivity contribution in [2.45, 2.75) is 0 Å². The summed E-state index contributed by atoms with van der Waals surface area (Å²) in [5.41, 5.74) is 17.5. The molecule has 0 aliphatic heterocycles. The highest BCUT2D eigenvalue weighted by atomic mass is 16.3. The monoisotopic (exact) mass is 804 g/mol. The second-order valence-corrected chi connectivity index (χ2v) is 16.0. The molecule has 10 aromatic carbocycles. The largest absolute Gasteiger partial charge is 0.454 e. The van der Waals surface area contributed by atoms with E-state index in [4.69, 9.17) is 4.42 Å². The number of hydrogen-bond acceptors (Lipinski definition) is 2. The Morgan fingerprint density at radius 2 is 0.857 bits per heavy atom. The summed E-state index contributed by atoms with van der Waals surface area (Å²) < 4.78 is 9.18. The number of aromatic nitrogens is 1. The molecule has 0 N–H and O–H groups in total. The third-order valence-electron chi connectivity index (χ3n) is 12.4. The summed E-state index contributed by atoms with van der Waals surface area (Å²) in [4.78, 5) is 2.38. The van der Waals surface area contributed by atoms with Gasteiger partial charge >= 0.3 is 0 Å². The molecule has 63 heavy (non-hydrogen) atoms. The second-order valence-electron chi connectivity index (χ2n) is 16.0. The minimum absolute atomic E-state index is 0.842. The van der Waals surface area contributed by atoms with Gasteiger partial charge in [0.15, 0.2) is 5.58 Å². The van der Waals surface area contributed by atoms with E-state index in [0.29, 0.717) is 0 Å². The van der Waals surface area contributed by atoms with Crippen LogP contribution in [0.5, 0.6) is 0 Å². The van der Waals surface area contributed by atoms with Gasteiger partial charge in [-0.2, -0.15) is 0 Å². The lowest BCUT2D eigenvalue weighted by Crippen LogP contribution is -2.12. The zero-order valence-electron chi connectivity index (χ0n) is 34.4. The van der Waals surface area contributed by atoms with Crippen molar-refractivity contribution in [3.63, 3.8) is 0 Å². The van der Waals surface area contributed by atoms with Gasteiger partial charge in [0.2, 0.25) is 0 Å². The number of anilines is 3. The van der Waals surface area contributed by atoms with E-state index < -0.39 is 0 Å². The number of nitrogens with zero attached hydrogens (tertiary/aromatic N) is 2. The molecule has 0 saturated heterocycles. The lowest BCUT2D eigenvalue weighted by molar-refractivity contribution is 0.669. The molecule has 3 nitrogen and oxygen atoms in total. The minimum Gasteiger partial charge on any atom is -0.454 e. The van der Waals surface area contributed by atoms with E-state index in [1.165, 1.54) is 49.6 Å². The van der Waals surface area contributed by atoms with Crippen LogP contribution in [0.4, 0.5) is 17.1 Å². The molecule has 0 aliphatic carbocycles. The van der Waals surface area contributed by atoms with Crippen molar-refractivity contribution in [1.82, 2.24) is 4.57 Å². The van der Waals surface area contributed by atoms with E-state index in [2.05, 4.69) is 246 Å². The topological polar surface area (TPSA) is 21.3 Å². The van der Waals surface area contributed by atoms with Gasteiger partial charge in [-0.3, -0.25) is 0 Å². The molecule has 0 radical (unpaired) electrons. The smallest absolute Gasteiger partial charge is 0.159 e. The van der Waals surface area contributed by atoms with Gasteiger partial charge in [-0.25, -0.2) is 0 Å². The lowest BCUT2D eigenvalue weighted by atomic mass is 9.86. The zero-order chi connectivity index (χ0) is 41.7. The van der Waals surface area contributed by atoms with Crippen LogP contribution in [0.15, 0.2) is 247 Å². The Labute approximate surface area is 366 Å². The standard InChI is InChI=1S/C60H40N2O/c1-3-18-41(19-4-1)43-34-39-48(54(40-43)47-23-8-7-22-46(47)42-20-5-2-6-21-42)49-24-9-13-29-55(49)62(58-32-17-28-53-52-27-12-16-33-59(52)63-60(53)58)45-37-35-44(36-38-45)61-56-30-14-10-25-50(56)51-26-11-15-31-57(51)61/h1-40H. The second kappa shape index (κ2) is 15.3. The molecule has 12 rings (SSSR count). The first kappa shape index (κ1) is 36.5. The fraction of sp³-hybridized carbons (Fsp3) is 0. The fourth-order valence-corrected chi connectivity index (χ4v) is 9.56. The molecule has 296 valence electrons. The Morgan fingerprint density at radius 3 is 1.59 bits per heavy atom. The molecule has 0 spiro atoms. The van der Waals surface area contributed by atoms with Crippen LogP contribution in [0.1, 0.15) is 0 Å². The van der Waals surface area contributed by atoms with Crippen molar-refractivity contribution >= 4 is 60.8 Å². The Hall–Kier alpha value is -8.40. The van der Waals surface area contributed by atoms with Crippen LogP contribution >= 0.6 is 0 Å². The number of fused-ring (bicyclic) bond motifs is 6. The van der Waals surface area contributed by atoms with E-state index in [9.17, 15) is 0 Å². The van der Waals surface area contributed by atoms with Crippen LogP contribution in [0.25, 0.3) is 93.9 Å². The van der Waals surface area contributed by atoms with Crippen LogP contribution in [0.3, 0.4) is 0 Å². The Bertz CT molecular complexity index is 3570. The summed E-state index contributed by atoms with van der Waals surface area (Å²) in [5.74, 6) is 0. The van der Waals surface area contributed by atoms with Gasteiger partial charge in [0, 0.05) is 38.5 Å². The average Bonchev–Trinajstić information content (AvgIpc) is 3.91. The molecule has 0 unspecified atom stereocenters. The van der Waals surface area contributed by atoms with Gasteiger partial charge in [0.25, 0.3) is 0 Å². The van der Waals surface area contributed by atoms with Crippen LogP contribution < -0.4 is 4.90 Å². The Morgan fingerprint density at radius 1 is 0.317 bits per heavy atom. The molecule has 3 heteroatoms. The van der Waals surface area contributed by atoms with Crippen LogP contribution in [0.2, 0.25) is 0 Å². The van der Waals surface area contributed by atoms with E-state index in [0.717, 1.165) is 61.4 Å². The van der Waals surface area contributed by atoms with Crippen LogP contribution in [0, 0.1) is 0 Å². The SMILES string of the molecule is c1ccc(-c2ccc(-c3ccccc3N(c3ccc(-n4c5ccccc5c5ccccc54)cc3)c3cccc4c3oc3ccccc34)c(-c3ccccc3-c3ccccc3)c2)cc1. The van der Waals surface area contributed by atoms with Gasteiger partial charge in [0.05, 0.1) is 22.4 Å². The molecule has 0 aliphatic rings. The van der Waals surface area contributed by atoms with Crippen molar-refractivity contribution in [3.8, 4) is 50.2 Å². The molecule has 2 aromatic heterocycles. The normalized spacial score (nSPS) is 11.5. The third kappa shape index (κ3) is 6.21. The molecule has 0 fully saturated rings. The highest BCUT2D eigenvalue weighted by Gasteiger charge is 2.24. The summed E-state index contributed by atoms with van der Waals surface area (Å²) in [6.07, 6.45) is 0. The summed E-state index contributed by atoms with van der Waals surface area (Å²) in [6.45, 7) is 0. The number of rotatable bonds is 8. The van der Waals surface area contributed by atoms with Crippen molar-refractivity contribution < 1.29 is 4.42 Å². The van der Waals surface area contributed by atoms with E-state index in [1.807, 2.05) is 6.07 Å². The molecule has 0 atom stereocenters. The van der Waals surface area contributed by atoms with E-state index >= 15 is 0 Å². The lowest BCUT2D eigenvalue weighted by Gasteiger charge is -2.29. The van der Waals surface area contributed by atoms with Gasteiger partial charge in [-0.05, 0) is 99.6 Å². The first-order chi connectivity index (χ1) is 31.3. The maximum absolute atomic E-state index is 6.81. The maximum atomic E-state index is 6.81. The van der Waals surface area contributed by atoms with Crippen molar-refractivity contribution in [2.24, 2.45) is 0 Å². The summed E-state index contributed by atoms with van der Waals surface area (Å²) in [5, 5.41) is 4.66. The molecule has 0 bridgehead atoms. The maximum Gasteiger partial charge on any atom is 0.159 e. The predicted molar refractivity (Wildman–Crippen MR) is 264 cm³/mol. The highest BCUT2D eigenvalue weighted by molar-refractivity contribution is 6.12. The van der Waals surface area contributed by atoms with E-state index in [1.54, 1.807) is 0 Å². The number of hydrogen-bond donors (Lipinski definition) is 0. The summed E-state index contributed by atoms with van der Waals surface area (Å²) >= 11 is 0. The number of benzene rings is 10. The fourth-order valence-electron chi connectivity index (χ4n) is 9.56. The summed E-state index contributed by atoms with van der Waals surface area (Å²) in [6, 6.07) is 87.1. The van der Waals surface area contributed by atoms with Crippen molar-refractivity contribution in [1.29, 1.82) is 0 Å². The third-order valence-corrected chi connectivity index (χ3v) is 12.4. The minimum atomic E-state index is 0.842. The molecular weight excluding hydrogens is 765 g/mol. The average molecular weight is 805 g/mol. The molecule has 12 aromatic rings. The van der Waals surface area contributed by atoms with Gasteiger partial charge in [-0.1, -0.05) is 182 Å². The Balaban J connectivity index is 1.10. The first-order valence-electron chi connectivity index (χ1n) is 21.5. The van der Waals surface area contributed by atoms with Crippen LogP contribution in [-0.4, -0.2) is 4.57 Å². The molecule has 0 saturated carbocycles. The zero-order valence-corrected chi connectivity index (χ0v) is 34.4. The first-order valence-corrected chi connectivity index (χ1v) is 21.5. The van der Waals surface area contributed by atoms with Gasteiger partial charge in [0.1, 0.15) is 5.58 Å². The van der Waals surface area contributed by atoms with Gasteiger partial charge < -0.3 is 13.9 Å². The van der Waals surface area contributed by atoms with Crippen molar-refractivity contribution in [2.75, 3.05) is 4.90 Å². The molecule has 0 amide bonds. The molecule has 2 heterocycles. The van der Waals surface area contributed by atoms with Gasteiger partial charge in [-0.15, -0.1) is 0 Å². The molecular formula is C60H40N2O. The highest BCUT2D eigenvalue weighted by Crippen LogP contribution is 2.48. The summed E-state index contributed by atoms with van der Waals surface area (Å²) in [7, 11) is 0. The predicted octanol–water partition coefficient (Wildman–Crippen LogP) is 16.8. The van der Waals surface area contributed by atoms with E-state index in [-0.39, 0.29) is 0 Å². The van der Waals surface area contributed by atoms with Crippen LogP contribution in [-0.2, 0) is 0 Å². The number of para-hydroxylation sites is 5. The van der Waals surface area contributed by atoms with Crippen molar-refractivity contribution in [3.05, 3.63) is 243 Å².